The molecule has 2 nitrogen and oxygen atoms in total. The monoisotopic (exact) mass is 252 g/mol. The van der Waals surface area contributed by atoms with Crippen molar-refractivity contribution in [1.29, 1.82) is 0 Å². The molecule has 1 aliphatic heterocycles. The molecule has 0 saturated carbocycles. The first-order valence-electron chi connectivity index (χ1n) is 6.99. The topological polar surface area (TPSA) is 38.0 Å². The maximum Gasteiger partial charge on any atom is 0.0208 e. The second-order valence-electron chi connectivity index (χ2n) is 5.11. The Balaban J connectivity index is 2.04. The standard InChI is InChI=1S/C17H20N2/c18-9-7-13-3-1-4-14(11-13)16-6-2-5-15-12-19-10-8-17(15)16/h1-6,11,19H,7-10,12,18H2. The van der Waals surface area contributed by atoms with Crippen molar-refractivity contribution in [3.05, 3.63) is 59.2 Å². The molecule has 0 radical (unpaired) electrons. The predicted molar refractivity (Wildman–Crippen MR) is 80.0 cm³/mol. The molecule has 0 atom stereocenters. The van der Waals surface area contributed by atoms with Gasteiger partial charge in [0, 0.05) is 6.54 Å². The van der Waals surface area contributed by atoms with E-state index in [-0.39, 0.29) is 0 Å². The van der Waals surface area contributed by atoms with E-state index in [1.807, 2.05) is 0 Å². The number of rotatable bonds is 3. The van der Waals surface area contributed by atoms with Crippen molar-refractivity contribution in [1.82, 2.24) is 5.32 Å². The van der Waals surface area contributed by atoms with Gasteiger partial charge in [-0.2, -0.15) is 0 Å². The van der Waals surface area contributed by atoms with Gasteiger partial charge in [-0.05, 0) is 53.7 Å². The van der Waals surface area contributed by atoms with Gasteiger partial charge in [0.15, 0.2) is 0 Å². The van der Waals surface area contributed by atoms with Crippen LogP contribution >= 0.6 is 0 Å². The van der Waals surface area contributed by atoms with Crippen LogP contribution in [0.1, 0.15) is 16.7 Å². The van der Waals surface area contributed by atoms with Crippen molar-refractivity contribution >= 4 is 0 Å². The van der Waals surface area contributed by atoms with E-state index in [1.54, 1.807) is 0 Å². The number of nitrogens with one attached hydrogen (secondary N) is 1. The third kappa shape index (κ3) is 2.55. The van der Waals surface area contributed by atoms with Crippen LogP contribution in [0.4, 0.5) is 0 Å². The summed E-state index contributed by atoms with van der Waals surface area (Å²) in [5.74, 6) is 0. The fraction of sp³-hybridized carbons (Fsp3) is 0.294. The number of hydrogen-bond acceptors (Lipinski definition) is 2. The number of hydrogen-bond donors (Lipinski definition) is 2. The van der Waals surface area contributed by atoms with Crippen molar-refractivity contribution in [2.24, 2.45) is 5.73 Å². The quantitative estimate of drug-likeness (QED) is 0.881. The van der Waals surface area contributed by atoms with Crippen molar-refractivity contribution in [3.8, 4) is 11.1 Å². The second kappa shape index (κ2) is 5.55. The summed E-state index contributed by atoms with van der Waals surface area (Å²) in [4.78, 5) is 0. The molecule has 2 aromatic rings. The fourth-order valence-electron chi connectivity index (χ4n) is 2.86. The van der Waals surface area contributed by atoms with E-state index in [4.69, 9.17) is 5.73 Å². The Hall–Kier alpha value is -1.64. The summed E-state index contributed by atoms with van der Waals surface area (Å²) in [6.45, 7) is 2.78. The largest absolute Gasteiger partial charge is 0.330 e. The van der Waals surface area contributed by atoms with Crippen LogP contribution < -0.4 is 11.1 Å². The first-order chi connectivity index (χ1) is 9.38. The number of benzene rings is 2. The third-order valence-electron chi connectivity index (χ3n) is 3.81. The first kappa shape index (κ1) is 12.4. The summed E-state index contributed by atoms with van der Waals surface area (Å²) in [5.41, 5.74) is 12.6. The molecular weight excluding hydrogens is 232 g/mol. The van der Waals surface area contributed by atoms with Gasteiger partial charge in [-0.15, -0.1) is 0 Å². The van der Waals surface area contributed by atoms with Gasteiger partial charge in [-0.1, -0.05) is 42.5 Å². The van der Waals surface area contributed by atoms with Crippen LogP contribution in [0.2, 0.25) is 0 Å². The summed E-state index contributed by atoms with van der Waals surface area (Å²) in [7, 11) is 0. The molecule has 0 amide bonds. The van der Waals surface area contributed by atoms with Gasteiger partial charge in [0.25, 0.3) is 0 Å². The highest BCUT2D eigenvalue weighted by molar-refractivity contribution is 5.69. The zero-order chi connectivity index (χ0) is 13.1. The van der Waals surface area contributed by atoms with Crippen LogP contribution in [0.25, 0.3) is 11.1 Å². The molecular formula is C17H20N2. The molecule has 0 saturated heterocycles. The van der Waals surface area contributed by atoms with E-state index >= 15 is 0 Å². The highest BCUT2D eigenvalue weighted by Gasteiger charge is 2.13. The average molecular weight is 252 g/mol. The summed E-state index contributed by atoms with van der Waals surface area (Å²) >= 11 is 0. The molecule has 1 aliphatic rings. The van der Waals surface area contributed by atoms with E-state index in [0.29, 0.717) is 6.54 Å². The van der Waals surface area contributed by atoms with Crippen LogP contribution in [0.3, 0.4) is 0 Å². The molecule has 0 aliphatic carbocycles. The minimum absolute atomic E-state index is 0.709. The summed E-state index contributed by atoms with van der Waals surface area (Å²) in [6.07, 6.45) is 2.07. The Morgan fingerprint density at radius 3 is 2.89 bits per heavy atom. The summed E-state index contributed by atoms with van der Waals surface area (Å²) in [6, 6.07) is 15.4. The lowest BCUT2D eigenvalue weighted by Crippen LogP contribution is -2.24. The van der Waals surface area contributed by atoms with Gasteiger partial charge < -0.3 is 11.1 Å². The van der Waals surface area contributed by atoms with Crippen LogP contribution in [0.15, 0.2) is 42.5 Å². The molecule has 2 aromatic carbocycles. The first-order valence-corrected chi connectivity index (χ1v) is 6.99. The van der Waals surface area contributed by atoms with E-state index in [9.17, 15) is 0 Å². The lowest BCUT2D eigenvalue weighted by Gasteiger charge is -2.20. The molecule has 98 valence electrons. The molecule has 1 heterocycles. The maximum atomic E-state index is 5.65. The van der Waals surface area contributed by atoms with Crippen molar-refractivity contribution in [3.63, 3.8) is 0 Å². The van der Waals surface area contributed by atoms with Crippen LogP contribution in [0, 0.1) is 0 Å². The highest BCUT2D eigenvalue weighted by Crippen LogP contribution is 2.29. The normalized spacial score (nSPS) is 14.2. The van der Waals surface area contributed by atoms with Gasteiger partial charge in [0.05, 0.1) is 0 Å². The van der Waals surface area contributed by atoms with Gasteiger partial charge in [-0.3, -0.25) is 0 Å². The molecule has 19 heavy (non-hydrogen) atoms. The summed E-state index contributed by atoms with van der Waals surface area (Å²) < 4.78 is 0. The molecule has 0 fully saturated rings. The molecule has 0 bridgehead atoms. The SMILES string of the molecule is NCCc1cccc(-c2cccc3c2CCNC3)c1. The zero-order valence-electron chi connectivity index (χ0n) is 11.2. The molecule has 3 N–H and O–H groups in total. The average Bonchev–Trinajstić information content (AvgIpc) is 2.47. The predicted octanol–water partition coefficient (Wildman–Crippen LogP) is 2.50. The smallest absolute Gasteiger partial charge is 0.0208 e. The minimum atomic E-state index is 0.709. The van der Waals surface area contributed by atoms with Gasteiger partial charge in [0.2, 0.25) is 0 Å². The Bertz CT molecular complexity index is 575. The van der Waals surface area contributed by atoms with E-state index in [1.165, 1.54) is 27.8 Å². The zero-order valence-corrected chi connectivity index (χ0v) is 11.2. The number of nitrogens with two attached hydrogens (primary N) is 1. The third-order valence-corrected chi connectivity index (χ3v) is 3.81. The number of fused-ring (bicyclic) bond motifs is 1. The van der Waals surface area contributed by atoms with Crippen molar-refractivity contribution < 1.29 is 0 Å². The maximum absolute atomic E-state index is 5.65. The Labute approximate surface area is 114 Å². The van der Waals surface area contributed by atoms with Crippen LogP contribution in [0.5, 0.6) is 0 Å². The van der Waals surface area contributed by atoms with E-state index in [2.05, 4.69) is 47.8 Å². The fourth-order valence-corrected chi connectivity index (χ4v) is 2.86. The lowest BCUT2D eigenvalue weighted by atomic mass is 9.90. The van der Waals surface area contributed by atoms with Gasteiger partial charge >= 0.3 is 0 Å². The van der Waals surface area contributed by atoms with Crippen molar-refractivity contribution in [2.45, 2.75) is 19.4 Å². The van der Waals surface area contributed by atoms with E-state index in [0.717, 1.165) is 25.9 Å². The van der Waals surface area contributed by atoms with E-state index < -0.39 is 0 Å². The minimum Gasteiger partial charge on any atom is -0.330 e. The molecule has 0 aromatic heterocycles. The summed E-state index contributed by atoms with van der Waals surface area (Å²) in [5, 5.41) is 3.43. The van der Waals surface area contributed by atoms with Crippen LogP contribution in [-0.4, -0.2) is 13.1 Å². The Morgan fingerprint density at radius 1 is 1.11 bits per heavy atom. The molecule has 3 rings (SSSR count). The second-order valence-corrected chi connectivity index (χ2v) is 5.11. The molecule has 2 heteroatoms. The molecule has 0 unspecified atom stereocenters. The van der Waals surface area contributed by atoms with Gasteiger partial charge in [-0.25, -0.2) is 0 Å². The van der Waals surface area contributed by atoms with Crippen LogP contribution in [-0.2, 0) is 19.4 Å². The van der Waals surface area contributed by atoms with Crippen molar-refractivity contribution in [2.75, 3.05) is 13.1 Å². The lowest BCUT2D eigenvalue weighted by molar-refractivity contribution is 0.645. The highest BCUT2D eigenvalue weighted by atomic mass is 14.9. The molecule has 0 spiro atoms. The van der Waals surface area contributed by atoms with Gasteiger partial charge in [0.1, 0.15) is 0 Å². The Kier molecular flexibility index (Phi) is 3.62. The Morgan fingerprint density at radius 2 is 2.00 bits per heavy atom.